The molecule has 0 bridgehead atoms. The topological polar surface area (TPSA) is 154 Å². The van der Waals surface area contributed by atoms with Crippen molar-refractivity contribution in [3.63, 3.8) is 0 Å². The number of rotatable bonds is 7. The number of carbonyl (C=O) groups is 3. The highest BCUT2D eigenvalue weighted by atomic mass is 16.4. The molecule has 4 N–H and O–H groups in total. The Balaban J connectivity index is 1.34. The second-order valence-corrected chi connectivity index (χ2v) is 10.1. The predicted molar refractivity (Wildman–Crippen MR) is 143 cm³/mol. The first-order valence-corrected chi connectivity index (χ1v) is 12.6. The molecule has 3 aromatic rings. The van der Waals surface area contributed by atoms with Gasteiger partial charge in [0.1, 0.15) is 0 Å². The first-order valence-electron chi connectivity index (χ1n) is 12.6. The van der Waals surface area contributed by atoms with Gasteiger partial charge < -0.3 is 15.7 Å². The molecule has 0 saturated carbocycles. The summed E-state index contributed by atoms with van der Waals surface area (Å²) in [6, 6.07) is 16.6. The van der Waals surface area contributed by atoms with E-state index in [1.54, 1.807) is 23.1 Å². The Morgan fingerprint density at radius 3 is 2.62 bits per heavy atom. The van der Waals surface area contributed by atoms with Gasteiger partial charge in [-0.15, -0.1) is 0 Å². The lowest BCUT2D eigenvalue weighted by atomic mass is 9.82. The second-order valence-electron chi connectivity index (χ2n) is 10.1. The van der Waals surface area contributed by atoms with Crippen LogP contribution in [0.15, 0.2) is 65.8 Å². The predicted octanol–water partition coefficient (Wildman–Crippen LogP) is 3.32. The van der Waals surface area contributed by atoms with Crippen LogP contribution in [0.25, 0.3) is 0 Å². The van der Waals surface area contributed by atoms with Gasteiger partial charge in [0.25, 0.3) is 11.8 Å². The lowest BCUT2D eigenvalue weighted by molar-refractivity contribution is -0.132. The molecule has 1 unspecified atom stereocenters. The number of aromatic nitrogens is 2. The van der Waals surface area contributed by atoms with Crippen LogP contribution in [0.3, 0.4) is 0 Å². The van der Waals surface area contributed by atoms with Crippen LogP contribution in [0.4, 0.5) is 10.7 Å². The molecule has 2 aliphatic rings. The average molecular weight is 528 g/mol. The molecule has 0 spiro atoms. The zero-order valence-electron chi connectivity index (χ0n) is 21.7. The van der Waals surface area contributed by atoms with E-state index in [1.165, 1.54) is 11.1 Å². The van der Waals surface area contributed by atoms with E-state index < -0.39 is 11.6 Å². The number of carbonyl (C=O) groups excluding carboxylic acids is 2. The van der Waals surface area contributed by atoms with Gasteiger partial charge >= 0.3 is 6.09 Å². The quantitative estimate of drug-likeness (QED) is 0.426. The normalized spacial score (nSPS) is 18.3. The van der Waals surface area contributed by atoms with Crippen LogP contribution < -0.4 is 11.1 Å². The van der Waals surface area contributed by atoms with Crippen LogP contribution in [0, 0.1) is 5.92 Å². The fraction of sp³-hybridized carbons (Fsp3) is 0.286. The van der Waals surface area contributed by atoms with Crippen molar-refractivity contribution in [3.05, 3.63) is 88.7 Å². The molecular weight excluding hydrogens is 498 g/mol. The van der Waals surface area contributed by atoms with Gasteiger partial charge in [-0.25, -0.2) is 19.8 Å². The maximum Gasteiger partial charge on any atom is 0.411 e. The van der Waals surface area contributed by atoms with Crippen LogP contribution >= 0.6 is 0 Å². The number of fused-ring (bicyclic) bond motifs is 1. The number of nitrogens with two attached hydrogens (primary N) is 1. The molecule has 0 aliphatic carbocycles. The van der Waals surface area contributed by atoms with E-state index in [2.05, 4.69) is 15.3 Å². The van der Waals surface area contributed by atoms with Crippen LogP contribution in [0.1, 0.15) is 53.0 Å². The Hall–Kier alpha value is -4.80. The largest absolute Gasteiger partial charge is 0.465 e. The summed E-state index contributed by atoms with van der Waals surface area (Å²) in [5.41, 5.74) is 8.58. The van der Waals surface area contributed by atoms with Gasteiger partial charge in [0.05, 0.1) is 18.8 Å². The number of nitrogens with one attached hydrogen (secondary N) is 1. The Morgan fingerprint density at radius 1 is 1.13 bits per heavy atom. The molecule has 2 aliphatic heterocycles. The van der Waals surface area contributed by atoms with Crippen LogP contribution in [0.2, 0.25) is 0 Å². The van der Waals surface area contributed by atoms with Gasteiger partial charge in [0, 0.05) is 23.9 Å². The first kappa shape index (κ1) is 25.8. The fourth-order valence-corrected chi connectivity index (χ4v) is 5.15. The SMILES string of the molecule is CC(C)CC1(c2ccccc2)N=C(N)N(Cc2cccc(C(=O)N3Cc4cnc(NC(=O)O)nc4C3)c2)C1=O. The van der Waals surface area contributed by atoms with E-state index in [0.29, 0.717) is 24.2 Å². The van der Waals surface area contributed by atoms with Crippen molar-refractivity contribution in [1.29, 1.82) is 0 Å². The van der Waals surface area contributed by atoms with Crippen LogP contribution in [0.5, 0.6) is 0 Å². The van der Waals surface area contributed by atoms with E-state index in [-0.39, 0.29) is 42.7 Å². The molecule has 200 valence electrons. The zero-order chi connectivity index (χ0) is 27.7. The standard InChI is InChI=1S/C28H29N7O4/c1-17(2)12-28(21-9-4-3-5-10-21)24(37)35(25(29)33-28)14-18-7-6-8-19(11-18)23(36)34-15-20-13-30-26(32-27(38)39)31-22(20)16-34/h3-11,13,17H,12,14-16H2,1-2H3,(H2,29,33)(H,38,39)(H,30,31,32). The number of aliphatic imine (C=N–C) groups is 1. The summed E-state index contributed by atoms with van der Waals surface area (Å²) in [5, 5.41) is 11.0. The van der Waals surface area contributed by atoms with Gasteiger partial charge in [-0.2, -0.15) is 0 Å². The number of amides is 3. The highest BCUT2D eigenvalue weighted by Crippen LogP contribution is 2.39. The third-order valence-corrected chi connectivity index (χ3v) is 6.81. The molecule has 1 atom stereocenters. The molecule has 3 amide bonds. The number of anilines is 1. The summed E-state index contributed by atoms with van der Waals surface area (Å²) >= 11 is 0. The lowest BCUT2D eigenvalue weighted by Crippen LogP contribution is -2.43. The number of hydrogen-bond donors (Lipinski definition) is 3. The number of benzene rings is 2. The second kappa shape index (κ2) is 10.2. The van der Waals surface area contributed by atoms with Crippen molar-refractivity contribution in [3.8, 4) is 0 Å². The van der Waals surface area contributed by atoms with E-state index in [9.17, 15) is 14.4 Å². The summed E-state index contributed by atoms with van der Waals surface area (Å²) in [7, 11) is 0. The minimum atomic E-state index is -1.26. The van der Waals surface area contributed by atoms with E-state index >= 15 is 0 Å². The summed E-state index contributed by atoms with van der Waals surface area (Å²) in [6.45, 7) is 4.82. The lowest BCUT2D eigenvalue weighted by Gasteiger charge is -2.28. The average Bonchev–Trinajstić information content (AvgIpc) is 3.43. The van der Waals surface area contributed by atoms with Gasteiger partial charge in [0.15, 0.2) is 11.5 Å². The third kappa shape index (κ3) is 5.02. The Kier molecular flexibility index (Phi) is 6.73. The summed E-state index contributed by atoms with van der Waals surface area (Å²) in [5.74, 6) is -0.0695. The molecule has 3 heterocycles. The molecule has 0 fully saturated rings. The number of nitrogens with zero attached hydrogens (tertiary/aromatic N) is 5. The third-order valence-electron chi connectivity index (χ3n) is 6.81. The highest BCUT2D eigenvalue weighted by Gasteiger charge is 2.49. The molecule has 0 saturated heterocycles. The molecule has 39 heavy (non-hydrogen) atoms. The van der Waals surface area contributed by atoms with Gasteiger partial charge in [0.2, 0.25) is 5.95 Å². The van der Waals surface area contributed by atoms with Crippen molar-refractivity contribution < 1.29 is 19.5 Å². The van der Waals surface area contributed by atoms with E-state index in [1.807, 2.05) is 50.2 Å². The molecule has 5 rings (SSSR count). The molecule has 2 aromatic carbocycles. The van der Waals surface area contributed by atoms with Gasteiger partial charge in [-0.05, 0) is 35.6 Å². The smallest absolute Gasteiger partial charge is 0.411 e. The zero-order valence-corrected chi connectivity index (χ0v) is 21.7. The van der Waals surface area contributed by atoms with E-state index in [4.69, 9.17) is 15.8 Å². The van der Waals surface area contributed by atoms with Gasteiger partial charge in [-0.1, -0.05) is 56.3 Å². The van der Waals surface area contributed by atoms with Crippen molar-refractivity contribution in [2.45, 2.75) is 45.4 Å². The molecule has 1 aromatic heterocycles. The van der Waals surface area contributed by atoms with Crippen molar-refractivity contribution in [2.75, 3.05) is 5.32 Å². The molecule has 11 heteroatoms. The van der Waals surface area contributed by atoms with Crippen LogP contribution in [-0.4, -0.2) is 48.7 Å². The highest BCUT2D eigenvalue weighted by molar-refractivity contribution is 6.07. The van der Waals surface area contributed by atoms with Crippen molar-refractivity contribution in [2.24, 2.45) is 16.6 Å². The van der Waals surface area contributed by atoms with Crippen LogP contribution in [-0.2, 0) is 30.0 Å². The van der Waals surface area contributed by atoms with E-state index in [0.717, 1.165) is 16.7 Å². The fourth-order valence-electron chi connectivity index (χ4n) is 5.15. The monoisotopic (exact) mass is 527 g/mol. The van der Waals surface area contributed by atoms with Crippen molar-refractivity contribution in [1.82, 2.24) is 19.8 Å². The Bertz CT molecular complexity index is 1470. The number of hydrogen-bond acceptors (Lipinski definition) is 7. The minimum absolute atomic E-state index is 0.0314. The molecular formula is C28H29N7O4. The summed E-state index contributed by atoms with van der Waals surface area (Å²) in [6.07, 6.45) is 0.785. The maximum absolute atomic E-state index is 13.8. The summed E-state index contributed by atoms with van der Waals surface area (Å²) in [4.78, 5) is 54.1. The minimum Gasteiger partial charge on any atom is -0.465 e. The molecule has 0 radical (unpaired) electrons. The first-order chi connectivity index (χ1) is 18.7. The van der Waals surface area contributed by atoms with Gasteiger partial charge in [-0.3, -0.25) is 19.8 Å². The molecule has 11 nitrogen and oxygen atoms in total. The number of carboxylic acid groups (broad SMARTS) is 1. The maximum atomic E-state index is 13.8. The summed E-state index contributed by atoms with van der Waals surface area (Å²) < 4.78 is 0. The van der Waals surface area contributed by atoms with Crippen molar-refractivity contribution >= 4 is 29.8 Å². The Morgan fingerprint density at radius 2 is 1.90 bits per heavy atom. The Labute approximate surface area is 225 Å². The number of guanidine groups is 1.